The van der Waals surface area contributed by atoms with E-state index in [0.717, 1.165) is 16.3 Å². The summed E-state index contributed by atoms with van der Waals surface area (Å²) in [5, 5.41) is 2.97. The van der Waals surface area contributed by atoms with Crippen LogP contribution in [0.25, 0.3) is 0 Å². The van der Waals surface area contributed by atoms with Crippen LogP contribution in [0.2, 0.25) is 0 Å². The number of amides is 1. The van der Waals surface area contributed by atoms with E-state index in [0.29, 0.717) is 17.5 Å². The Labute approximate surface area is 225 Å². The van der Waals surface area contributed by atoms with E-state index in [2.05, 4.69) is 10.3 Å². The van der Waals surface area contributed by atoms with Crippen molar-refractivity contribution < 1.29 is 41.7 Å². The molecule has 38 heavy (non-hydrogen) atoms. The Morgan fingerprint density at radius 1 is 1.13 bits per heavy atom. The molecule has 2 aromatic carbocycles. The number of nitrogens with one attached hydrogen (secondary N) is 1. The van der Waals surface area contributed by atoms with Gasteiger partial charge in [0.25, 0.3) is 5.91 Å². The van der Waals surface area contributed by atoms with Gasteiger partial charge in [-0.25, -0.2) is 13.8 Å². The fourth-order valence-corrected chi connectivity index (χ4v) is 4.93. The van der Waals surface area contributed by atoms with E-state index in [9.17, 15) is 22.8 Å². The average Bonchev–Trinajstić information content (AvgIpc) is 3.31. The van der Waals surface area contributed by atoms with E-state index < -0.39 is 35.2 Å². The molecule has 204 valence electrons. The number of carbonyl (C=O) groups is 2. The topological polar surface area (TPSA) is 96.0 Å². The van der Waals surface area contributed by atoms with Crippen LogP contribution in [0.5, 0.6) is 17.2 Å². The van der Waals surface area contributed by atoms with Crippen LogP contribution in [0.1, 0.15) is 30.6 Å². The van der Waals surface area contributed by atoms with Gasteiger partial charge in [-0.1, -0.05) is 11.3 Å². The zero-order valence-corrected chi connectivity index (χ0v) is 22.3. The monoisotopic (exact) mass is 570 g/mol. The molecule has 0 aliphatic carbocycles. The molecule has 0 saturated carbocycles. The van der Waals surface area contributed by atoms with E-state index in [-0.39, 0.29) is 36.1 Å². The standard InChI is InChI=1S/C25H25F3N2O6S2/c1-4-34-20(31)7-8-37-21-12-29-25(38-21)30-24(32)15-9-16(35-14(2)13-33-3)11-17(10-15)36-19-6-5-18(26)22(27)23(19)28/h5-6,9-12,14H,4,7-8,13H2,1-3H3,(H,29,30,32)/t14-/m0/s1. The summed E-state index contributed by atoms with van der Waals surface area (Å²) >= 11 is 2.61. The number of thiazole rings is 1. The Hall–Kier alpha value is -3.29. The second kappa shape index (κ2) is 14.0. The van der Waals surface area contributed by atoms with Crippen molar-refractivity contribution in [3.05, 3.63) is 59.5 Å². The van der Waals surface area contributed by atoms with Crippen molar-refractivity contribution in [2.45, 2.75) is 30.6 Å². The molecule has 0 fully saturated rings. The lowest BCUT2D eigenvalue weighted by Gasteiger charge is -2.16. The summed E-state index contributed by atoms with van der Waals surface area (Å²) in [6.07, 6.45) is 1.41. The van der Waals surface area contributed by atoms with Crippen LogP contribution in [0.4, 0.5) is 18.3 Å². The Kier molecular flexibility index (Phi) is 10.8. The lowest BCUT2D eigenvalue weighted by atomic mass is 10.2. The molecule has 0 bridgehead atoms. The molecule has 13 heteroatoms. The molecule has 8 nitrogen and oxygen atoms in total. The largest absolute Gasteiger partial charge is 0.488 e. The SMILES string of the molecule is CCOC(=O)CCSc1cnc(NC(=O)c2cc(Oc3ccc(F)c(F)c3F)cc(O[C@@H](C)COC)c2)s1. The Bertz CT molecular complexity index is 1270. The summed E-state index contributed by atoms with van der Waals surface area (Å²) in [5.74, 6) is -5.32. The number of esters is 1. The molecule has 1 atom stereocenters. The first-order valence-corrected chi connectivity index (χ1v) is 13.2. The van der Waals surface area contributed by atoms with Gasteiger partial charge in [-0.2, -0.15) is 4.39 Å². The zero-order valence-electron chi connectivity index (χ0n) is 20.7. The minimum absolute atomic E-state index is 0.0449. The molecule has 1 heterocycles. The van der Waals surface area contributed by atoms with Crippen molar-refractivity contribution in [2.24, 2.45) is 0 Å². The number of anilines is 1. The van der Waals surface area contributed by atoms with Crippen LogP contribution in [0.3, 0.4) is 0 Å². The second-order valence-corrected chi connectivity index (χ2v) is 10.1. The van der Waals surface area contributed by atoms with Gasteiger partial charge in [-0.3, -0.25) is 14.9 Å². The minimum Gasteiger partial charge on any atom is -0.488 e. The summed E-state index contributed by atoms with van der Waals surface area (Å²) in [4.78, 5) is 28.7. The predicted molar refractivity (Wildman–Crippen MR) is 137 cm³/mol. The van der Waals surface area contributed by atoms with E-state index >= 15 is 0 Å². The normalized spacial score (nSPS) is 11.6. The van der Waals surface area contributed by atoms with E-state index in [4.69, 9.17) is 18.9 Å². The predicted octanol–water partition coefficient (Wildman–Crippen LogP) is 6.06. The zero-order chi connectivity index (χ0) is 27.7. The third kappa shape index (κ3) is 8.36. The number of methoxy groups -OCH3 is 1. The maximum atomic E-state index is 14.2. The molecule has 1 amide bonds. The van der Waals surface area contributed by atoms with Gasteiger partial charge in [0.15, 0.2) is 22.5 Å². The number of carbonyl (C=O) groups excluding carboxylic acids is 2. The summed E-state index contributed by atoms with van der Waals surface area (Å²) in [7, 11) is 1.50. The molecule has 1 aromatic heterocycles. The molecule has 0 aliphatic rings. The van der Waals surface area contributed by atoms with E-state index in [1.54, 1.807) is 20.0 Å². The van der Waals surface area contributed by atoms with Crippen LogP contribution >= 0.6 is 23.1 Å². The van der Waals surface area contributed by atoms with Gasteiger partial charge >= 0.3 is 5.97 Å². The fraction of sp³-hybridized carbons (Fsp3) is 0.320. The first-order chi connectivity index (χ1) is 18.2. The number of hydrogen-bond donors (Lipinski definition) is 1. The van der Waals surface area contributed by atoms with Crippen molar-refractivity contribution in [1.82, 2.24) is 4.98 Å². The number of ether oxygens (including phenoxy) is 4. The van der Waals surface area contributed by atoms with Crippen LogP contribution < -0.4 is 14.8 Å². The third-order valence-corrected chi connectivity index (χ3v) is 6.78. The van der Waals surface area contributed by atoms with Gasteiger partial charge in [0.05, 0.1) is 30.0 Å². The van der Waals surface area contributed by atoms with Crippen LogP contribution in [0, 0.1) is 17.5 Å². The number of rotatable bonds is 13. The van der Waals surface area contributed by atoms with E-state index in [1.807, 2.05) is 0 Å². The smallest absolute Gasteiger partial charge is 0.306 e. The summed E-state index contributed by atoms with van der Waals surface area (Å²) in [5.41, 5.74) is 0.0804. The Balaban J connectivity index is 1.77. The molecule has 3 aromatic rings. The lowest BCUT2D eigenvalue weighted by Crippen LogP contribution is -2.18. The molecule has 0 radical (unpaired) electrons. The van der Waals surface area contributed by atoms with Gasteiger partial charge in [0.2, 0.25) is 5.82 Å². The molecule has 0 saturated heterocycles. The highest BCUT2D eigenvalue weighted by atomic mass is 32.2. The lowest BCUT2D eigenvalue weighted by molar-refractivity contribution is -0.142. The molecule has 3 rings (SSSR count). The number of nitrogens with zero attached hydrogens (tertiary/aromatic N) is 1. The highest BCUT2D eigenvalue weighted by molar-refractivity contribution is 8.01. The fourth-order valence-electron chi connectivity index (χ4n) is 3.07. The number of halogens is 3. The molecular weight excluding hydrogens is 545 g/mol. The maximum absolute atomic E-state index is 14.2. The molecular formula is C25H25F3N2O6S2. The van der Waals surface area contributed by atoms with Crippen LogP contribution in [0.15, 0.2) is 40.7 Å². The third-order valence-electron chi connectivity index (χ3n) is 4.67. The second-order valence-electron chi connectivity index (χ2n) is 7.69. The number of thioether (sulfide) groups is 1. The van der Waals surface area contributed by atoms with Crippen molar-refractivity contribution in [3.8, 4) is 17.2 Å². The van der Waals surface area contributed by atoms with Gasteiger partial charge in [0.1, 0.15) is 17.6 Å². The summed E-state index contributed by atoms with van der Waals surface area (Å²) < 4.78 is 63.1. The maximum Gasteiger partial charge on any atom is 0.306 e. The minimum atomic E-state index is -1.68. The Morgan fingerprint density at radius 2 is 1.89 bits per heavy atom. The average molecular weight is 571 g/mol. The van der Waals surface area contributed by atoms with Crippen molar-refractivity contribution >= 4 is 40.1 Å². The van der Waals surface area contributed by atoms with Gasteiger partial charge in [-0.05, 0) is 38.1 Å². The van der Waals surface area contributed by atoms with Crippen molar-refractivity contribution in [2.75, 3.05) is 31.4 Å². The molecule has 1 N–H and O–H groups in total. The summed E-state index contributed by atoms with van der Waals surface area (Å²) in [6, 6.07) is 5.79. The van der Waals surface area contributed by atoms with E-state index in [1.165, 1.54) is 48.4 Å². The highest BCUT2D eigenvalue weighted by Gasteiger charge is 2.18. The number of benzene rings is 2. The first kappa shape index (κ1) is 29.3. The molecule has 0 spiro atoms. The van der Waals surface area contributed by atoms with Gasteiger partial charge in [0, 0.05) is 24.5 Å². The molecule has 0 aliphatic heterocycles. The van der Waals surface area contributed by atoms with Gasteiger partial charge < -0.3 is 18.9 Å². The first-order valence-electron chi connectivity index (χ1n) is 11.4. The number of hydrogen-bond acceptors (Lipinski definition) is 9. The summed E-state index contributed by atoms with van der Waals surface area (Å²) in [6.45, 7) is 4.05. The van der Waals surface area contributed by atoms with Crippen molar-refractivity contribution in [3.63, 3.8) is 0 Å². The van der Waals surface area contributed by atoms with Crippen molar-refractivity contribution in [1.29, 1.82) is 0 Å². The Morgan fingerprint density at radius 3 is 2.63 bits per heavy atom. The van der Waals surface area contributed by atoms with Crippen LogP contribution in [-0.2, 0) is 14.3 Å². The quantitative estimate of drug-likeness (QED) is 0.150. The number of aromatic nitrogens is 1. The van der Waals surface area contributed by atoms with Crippen LogP contribution in [-0.4, -0.2) is 49.0 Å². The molecule has 0 unspecified atom stereocenters. The van der Waals surface area contributed by atoms with Gasteiger partial charge in [-0.15, -0.1) is 11.8 Å². The highest BCUT2D eigenvalue weighted by Crippen LogP contribution is 2.32.